The lowest BCUT2D eigenvalue weighted by molar-refractivity contribution is 0.630. The van der Waals surface area contributed by atoms with Gasteiger partial charge in [0.2, 0.25) is 0 Å². The number of H-pyrrole nitrogens is 2. The Hall–Kier alpha value is -2.43. The van der Waals surface area contributed by atoms with Crippen LogP contribution in [-0.4, -0.2) is 15.2 Å². The number of hydrogen-bond acceptors (Lipinski definition) is 2. The van der Waals surface area contributed by atoms with E-state index in [9.17, 15) is 9.18 Å². The fourth-order valence-corrected chi connectivity index (χ4v) is 2.11. The summed E-state index contributed by atoms with van der Waals surface area (Å²) in [6.07, 6.45) is 0. The van der Waals surface area contributed by atoms with Crippen molar-refractivity contribution in [3.63, 3.8) is 0 Å². The van der Waals surface area contributed by atoms with Crippen molar-refractivity contribution in [1.82, 2.24) is 15.2 Å². The van der Waals surface area contributed by atoms with Gasteiger partial charge in [0.25, 0.3) is 5.56 Å². The van der Waals surface area contributed by atoms with Crippen LogP contribution >= 0.6 is 0 Å². The van der Waals surface area contributed by atoms with Crippen molar-refractivity contribution in [2.24, 2.45) is 0 Å². The Morgan fingerprint density at radius 1 is 1.22 bits per heavy atom. The summed E-state index contributed by atoms with van der Waals surface area (Å²) in [5, 5.41) is 7.12. The van der Waals surface area contributed by atoms with E-state index in [0.717, 1.165) is 22.2 Å². The molecule has 0 aliphatic carbocycles. The minimum atomic E-state index is -0.299. The Kier molecular flexibility index (Phi) is 2.26. The maximum Gasteiger partial charge on any atom is 0.264 e. The second kappa shape index (κ2) is 3.80. The Morgan fingerprint density at radius 3 is 2.78 bits per heavy atom. The molecule has 0 spiro atoms. The summed E-state index contributed by atoms with van der Waals surface area (Å²) in [5.74, 6) is -0.299. The Bertz CT molecular complexity index is 768. The van der Waals surface area contributed by atoms with E-state index in [1.807, 2.05) is 6.92 Å². The number of fused-ring (bicyclic) bond motifs is 1. The number of aromatic nitrogens is 3. The van der Waals surface area contributed by atoms with Crippen LogP contribution in [-0.2, 0) is 0 Å². The van der Waals surface area contributed by atoms with E-state index >= 15 is 0 Å². The number of rotatable bonds is 1. The van der Waals surface area contributed by atoms with Gasteiger partial charge in [0.05, 0.1) is 5.69 Å². The lowest BCUT2D eigenvalue weighted by atomic mass is 10.1. The highest BCUT2D eigenvalue weighted by Gasteiger charge is 2.12. The molecule has 1 aromatic carbocycles. The van der Waals surface area contributed by atoms with E-state index in [0.29, 0.717) is 5.69 Å². The largest absolute Gasteiger partial charge is 0.358 e. The van der Waals surface area contributed by atoms with Gasteiger partial charge in [0, 0.05) is 28.2 Å². The molecular formula is C13H10FN3O. The second-order valence-corrected chi connectivity index (χ2v) is 4.12. The molecule has 3 aromatic rings. The molecule has 0 atom stereocenters. The Balaban J connectivity index is 2.33. The van der Waals surface area contributed by atoms with Gasteiger partial charge in [0.1, 0.15) is 5.82 Å². The quantitative estimate of drug-likeness (QED) is 0.689. The highest BCUT2D eigenvalue weighted by molar-refractivity contribution is 5.96. The minimum Gasteiger partial charge on any atom is -0.358 e. The topological polar surface area (TPSA) is 61.5 Å². The third-order valence-corrected chi connectivity index (χ3v) is 2.88. The summed E-state index contributed by atoms with van der Waals surface area (Å²) in [4.78, 5) is 14.2. The van der Waals surface area contributed by atoms with Gasteiger partial charge in [0.15, 0.2) is 0 Å². The van der Waals surface area contributed by atoms with Gasteiger partial charge in [-0.3, -0.25) is 4.79 Å². The van der Waals surface area contributed by atoms with E-state index in [1.165, 1.54) is 18.2 Å². The van der Waals surface area contributed by atoms with Crippen LogP contribution in [0, 0.1) is 12.7 Å². The van der Waals surface area contributed by atoms with Crippen LogP contribution in [0.4, 0.5) is 4.39 Å². The third-order valence-electron chi connectivity index (χ3n) is 2.88. The third kappa shape index (κ3) is 1.60. The number of hydrogen-bond donors (Lipinski definition) is 2. The summed E-state index contributed by atoms with van der Waals surface area (Å²) in [6, 6.07) is 7.58. The molecule has 90 valence electrons. The summed E-state index contributed by atoms with van der Waals surface area (Å²) < 4.78 is 13.3. The maximum atomic E-state index is 13.3. The number of nitrogens with zero attached hydrogens (tertiary/aromatic N) is 1. The van der Waals surface area contributed by atoms with Crippen LogP contribution in [0.2, 0.25) is 0 Å². The first kappa shape index (κ1) is 10.7. The van der Waals surface area contributed by atoms with E-state index < -0.39 is 0 Å². The summed E-state index contributed by atoms with van der Waals surface area (Å²) in [6.45, 7) is 1.89. The normalized spacial score (nSPS) is 11.0. The van der Waals surface area contributed by atoms with Crippen molar-refractivity contribution < 1.29 is 4.39 Å². The lowest BCUT2D eigenvalue weighted by Gasteiger charge is -1.99. The molecular weight excluding hydrogens is 233 g/mol. The molecule has 5 heteroatoms. The molecule has 2 heterocycles. The predicted octanol–water partition coefficient (Wildman–Crippen LogP) is 2.37. The van der Waals surface area contributed by atoms with Crippen molar-refractivity contribution in [1.29, 1.82) is 0 Å². The maximum absolute atomic E-state index is 13.3. The molecule has 3 rings (SSSR count). The van der Waals surface area contributed by atoms with E-state index in [1.54, 1.807) is 12.1 Å². The molecule has 0 saturated heterocycles. The summed E-state index contributed by atoms with van der Waals surface area (Å²) in [7, 11) is 0. The SMILES string of the molecule is Cc1[nH]c2ccc(F)cc2c1-c1ccc(=O)[nH]n1. The molecule has 18 heavy (non-hydrogen) atoms. The fourth-order valence-electron chi connectivity index (χ4n) is 2.11. The Morgan fingerprint density at radius 2 is 2.06 bits per heavy atom. The van der Waals surface area contributed by atoms with Gasteiger partial charge in [-0.15, -0.1) is 0 Å². The van der Waals surface area contributed by atoms with E-state index in [2.05, 4.69) is 15.2 Å². The molecule has 0 aliphatic rings. The van der Waals surface area contributed by atoms with Crippen LogP contribution in [0.15, 0.2) is 35.1 Å². The smallest absolute Gasteiger partial charge is 0.264 e. The molecule has 4 nitrogen and oxygen atoms in total. The zero-order chi connectivity index (χ0) is 12.7. The average molecular weight is 243 g/mol. The fraction of sp³-hybridized carbons (Fsp3) is 0.0769. The van der Waals surface area contributed by atoms with Crippen LogP contribution < -0.4 is 5.56 Å². The number of aromatic amines is 2. The number of aryl methyl sites for hydroxylation is 1. The molecule has 0 radical (unpaired) electrons. The van der Waals surface area contributed by atoms with E-state index in [-0.39, 0.29) is 11.4 Å². The molecule has 0 saturated carbocycles. The molecule has 2 aromatic heterocycles. The summed E-state index contributed by atoms with van der Waals surface area (Å²) in [5.41, 5.74) is 2.89. The van der Waals surface area contributed by atoms with Crippen molar-refractivity contribution in [2.75, 3.05) is 0 Å². The minimum absolute atomic E-state index is 0.262. The van der Waals surface area contributed by atoms with Crippen LogP contribution in [0.5, 0.6) is 0 Å². The lowest BCUT2D eigenvalue weighted by Crippen LogP contribution is -2.05. The number of halogens is 1. The van der Waals surface area contributed by atoms with E-state index in [4.69, 9.17) is 0 Å². The zero-order valence-corrected chi connectivity index (χ0v) is 9.62. The van der Waals surface area contributed by atoms with Crippen molar-refractivity contribution in [2.45, 2.75) is 6.92 Å². The molecule has 0 fully saturated rings. The molecule has 0 amide bonds. The zero-order valence-electron chi connectivity index (χ0n) is 9.62. The van der Waals surface area contributed by atoms with Gasteiger partial charge in [-0.2, -0.15) is 5.10 Å². The molecule has 0 aliphatic heterocycles. The van der Waals surface area contributed by atoms with Crippen LogP contribution in [0.1, 0.15) is 5.69 Å². The Labute approximate surface area is 101 Å². The van der Waals surface area contributed by atoms with Crippen molar-refractivity contribution >= 4 is 10.9 Å². The first-order valence-electron chi connectivity index (χ1n) is 5.49. The average Bonchev–Trinajstić information content (AvgIpc) is 2.66. The van der Waals surface area contributed by atoms with Gasteiger partial charge in [-0.25, -0.2) is 9.49 Å². The van der Waals surface area contributed by atoms with Gasteiger partial charge >= 0.3 is 0 Å². The monoisotopic (exact) mass is 243 g/mol. The second-order valence-electron chi connectivity index (χ2n) is 4.12. The molecule has 2 N–H and O–H groups in total. The van der Waals surface area contributed by atoms with Crippen LogP contribution in [0.25, 0.3) is 22.2 Å². The van der Waals surface area contributed by atoms with Gasteiger partial charge in [-0.05, 0) is 31.2 Å². The van der Waals surface area contributed by atoms with Crippen molar-refractivity contribution in [3.05, 3.63) is 52.2 Å². The highest BCUT2D eigenvalue weighted by atomic mass is 19.1. The van der Waals surface area contributed by atoms with Gasteiger partial charge in [-0.1, -0.05) is 0 Å². The van der Waals surface area contributed by atoms with Crippen molar-refractivity contribution in [3.8, 4) is 11.3 Å². The van der Waals surface area contributed by atoms with Crippen LogP contribution in [0.3, 0.4) is 0 Å². The number of nitrogens with one attached hydrogen (secondary N) is 2. The molecule has 0 unspecified atom stereocenters. The standard InChI is InChI=1S/C13H10FN3O/c1-7-13(11-4-5-12(18)17-16-11)9-6-8(14)2-3-10(9)15-7/h2-6,15H,1H3,(H,17,18). The summed E-state index contributed by atoms with van der Waals surface area (Å²) >= 11 is 0. The molecule has 0 bridgehead atoms. The number of benzene rings is 1. The van der Waals surface area contributed by atoms with Gasteiger partial charge < -0.3 is 4.98 Å². The first-order valence-corrected chi connectivity index (χ1v) is 5.49. The highest BCUT2D eigenvalue weighted by Crippen LogP contribution is 2.30. The first-order chi connectivity index (χ1) is 8.65. The predicted molar refractivity (Wildman–Crippen MR) is 66.8 cm³/mol.